The Kier molecular flexibility index (Phi) is 6.01. The van der Waals surface area contributed by atoms with Crippen LogP contribution in [-0.2, 0) is 6.54 Å². The fourth-order valence-corrected chi connectivity index (χ4v) is 2.80. The first-order chi connectivity index (χ1) is 13.5. The number of anilines is 1. The zero-order chi connectivity index (χ0) is 20.1. The Morgan fingerprint density at radius 2 is 2.11 bits per heavy atom. The van der Waals surface area contributed by atoms with Gasteiger partial charge in [0.05, 0.1) is 20.3 Å². The third-order valence-electron chi connectivity index (χ3n) is 3.69. The van der Waals surface area contributed by atoms with Crippen molar-refractivity contribution in [1.29, 1.82) is 0 Å². The second kappa shape index (κ2) is 8.63. The lowest BCUT2D eigenvalue weighted by molar-refractivity contribution is -0.873. The van der Waals surface area contributed by atoms with Crippen molar-refractivity contribution < 1.29 is 14.3 Å². The monoisotopic (exact) mass is 402 g/mol. The Bertz CT molecular complexity index is 978. The molecular weight excluding hydrogens is 382 g/mol. The Hall–Kier alpha value is -3.25. The first kappa shape index (κ1) is 19.5. The SMILES string of the molecule is CSc1ccc(/C=N\NC(=O)c2nnn(-c3nonc3N)c2C[NH+](C)C)cc1. The van der Waals surface area contributed by atoms with Gasteiger partial charge in [-0.05, 0) is 34.3 Å². The van der Waals surface area contributed by atoms with Crippen LogP contribution in [0.4, 0.5) is 5.82 Å². The van der Waals surface area contributed by atoms with E-state index in [1.807, 2.05) is 44.6 Å². The first-order valence-corrected chi connectivity index (χ1v) is 9.51. The molecule has 0 aliphatic heterocycles. The molecule has 0 aliphatic carbocycles. The highest BCUT2D eigenvalue weighted by atomic mass is 32.2. The van der Waals surface area contributed by atoms with Crippen molar-refractivity contribution in [2.75, 3.05) is 26.1 Å². The first-order valence-electron chi connectivity index (χ1n) is 8.29. The molecule has 0 fully saturated rings. The van der Waals surface area contributed by atoms with E-state index in [0.29, 0.717) is 12.2 Å². The van der Waals surface area contributed by atoms with Gasteiger partial charge in [0.25, 0.3) is 5.91 Å². The smallest absolute Gasteiger partial charge is 0.294 e. The number of carbonyl (C=O) groups is 1. The third-order valence-corrected chi connectivity index (χ3v) is 4.43. The van der Waals surface area contributed by atoms with Crippen LogP contribution in [0.2, 0.25) is 0 Å². The average molecular weight is 402 g/mol. The van der Waals surface area contributed by atoms with E-state index < -0.39 is 5.91 Å². The summed E-state index contributed by atoms with van der Waals surface area (Å²) in [6, 6.07) is 7.79. The van der Waals surface area contributed by atoms with Crippen molar-refractivity contribution in [3.05, 3.63) is 41.2 Å². The average Bonchev–Trinajstić information content (AvgIpc) is 3.27. The van der Waals surface area contributed by atoms with Gasteiger partial charge >= 0.3 is 0 Å². The van der Waals surface area contributed by atoms with E-state index in [4.69, 9.17) is 5.73 Å². The summed E-state index contributed by atoms with van der Waals surface area (Å²) in [5.41, 5.74) is 9.71. The van der Waals surface area contributed by atoms with Crippen molar-refractivity contribution in [1.82, 2.24) is 30.7 Å². The number of benzene rings is 1. The van der Waals surface area contributed by atoms with E-state index in [0.717, 1.165) is 15.4 Å². The highest BCUT2D eigenvalue weighted by Gasteiger charge is 2.25. The molecule has 3 rings (SSSR count). The fraction of sp³-hybridized carbons (Fsp3) is 0.250. The van der Waals surface area contributed by atoms with E-state index >= 15 is 0 Å². The number of rotatable bonds is 7. The minimum atomic E-state index is -0.491. The van der Waals surface area contributed by atoms with Crippen molar-refractivity contribution in [2.24, 2.45) is 5.10 Å². The number of nitrogens with one attached hydrogen (secondary N) is 2. The minimum Gasteiger partial charge on any atom is -0.378 e. The van der Waals surface area contributed by atoms with Gasteiger partial charge in [-0.1, -0.05) is 17.3 Å². The molecule has 0 atom stereocenters. The number of nitrogens with two attached hydrogens (primary N) is 1. The van der Waals surface area contributed by atoms with E-state index in [1.165, 1.54) is 4.68 Å². The number of hydrogen-bond donors (Lipinski definition) is 3. The minimum absolute atomic E-state index is 0.0542. The Morgan fingerprint density at radius 3 is 2.71 bits per heavy atom. The summed E-state index contributed by atoms with van der Waals surface area (Å²) in [4.78, 5) is 14.8. The predicted molar refractivity (Wildman–Crippen MR) is 103 cm³/mol. The van der Waals surface area contributed by atoms with Crippen LogP contribution in [0.3, 0.4) is 0 Å². The Labute approximate surface area is 164 Å². The molecule has 28 heavy (non-hydrogen) atoms. The molecule has 12 heteroatoms. The maximum Gasteiger partial charge on any atom is 0.294 e. The van der Waals surface area contributed by atoms with Crippen LogP contribution in [0, 0.1) is 0 Å². The van der Waals surface area contributed by atoms with E-state index in [9.17, 15) is 4.79 Å². The lowest BCUT2D eigenvalue weighted by Crippen LogP contribution is -3.04. The molecule has 0 radical (unpaired) electrons. The second-order valence-electron chi connectivity index (χ2n) is 6.13. The van der Waals surface area contributed by atoms with E-state index in [2.05, 4.69) is 35.8 Å². The van der Waals surface area contributed by atoms with E-state index in [1.54, 1.807) is 18.0 Å². The highest BCUT2D eigenvalue weighted by Crippen LogP contribution is 2.15. The van der Waals surface area contributed by atoms with Crippen molar-refractivity contribution in [2.45, 2.75) is 11.4 Å². The third kappa shape index (κ3) is 4.35. The van der Waals surface area contributed by atoms with Crippen LogP contribution in [0.25, 0.3) is 5.82 Å². The van der Waals surface area contributed by atoms with Crippen LogP contribution in [0.1, 0.15) is 21.7 Å². The summed E-state index contributed by atoms with van der Waals surface area (Å²) in [5, 5.41) is 19.2. The summed E-state index contributed by atoms with van der Waals surface area (Å²) >= 11 is 1.65. The summed E-state index contributed by atoms with van der Waals surface area (Å²) < 4.78 is 5.96. The van der Waals surface area contributed by atoms with Crippen LogP contribution in [0.5, 0.6) is 0 Å². The van der Waals surface area contributed by atoms with Crippen LogP contribution in [-0.4, -0.2) is 57.8 Å². The van der Waals surface area contributed by atoms with E-state index in [-0.39, 0.29) is 17.3 Å². The largest absolute Gasteiger partial charge is 0.378 e. The lowest BCUT2D eigenvalue weighted by atomic mass is 10.2. The molecule has 2 aromatic heterocycles. The molecule has 0 bridgehead atoms. The number of carbonyl (C=O) groups excluding carboxylic acids is 1. The quantitative estimate of drug-likeness (QED) is 0.269. The van der Waals surface area contributed by atoms with Crippen molar-refractivity contribution in [3.8, 4) is 5.82 Å². The standard InChI is InChI=1S/C16H19N9O2S/c1-24(2)9-12-13(19-23-25(12)15-14(17)21-27-22-15)16(26)20-18-8-10-4-6-11(28-3)7-5-10/h4-8H,9H2,1-3H3,(H2,17,21)(H,20,26)/p+1/b18-8-. The van der Waals surface area contributed by atoms with Crippen LogP contribution in [0.15, 0.2) is 38.9 Å². The number of nitrogens with zero attached hydrogens (tertiary/aromatic N) is 6. The van der Waals surface area contributed by atoms with Crippen molar-refractivity contribution in [3.63, 3.8) is 0 Å². The number of quaternary nitrogens is 1. The number of hydrazone groups is 1. The second-order valence-corrected chi connectivity index (χ2v) is 7.01. The molecule has 0 spiro atoms. The van der Waals surface area contributed by atoms with Gasteiger partial charge in [0, 0.05) is 4.90 Å². The molecule has 0 saturated heterocycles. The van der Waals surface area contributed by atoms with Gasteiger partial charge in [-0.25, -0.2) is 10.1 Å². The van der Waals surface area contributed by atoms with Crippen molar-refractivity contribution >= 4 is 29.7 Å². The number of nitrogen functional groups attached to an aromatic ring is 1. The molecule has 4 N–H and O–H groups in total. The number of hydrogen-bond acceptors (Lipinski definition) is 9. The summed E-state index contributed by atoms with van der Waals surface area (Å²) in [6.45, 7) is 0.446. The molecule has 0 aliphatic rings. The highest BCUT2D eigenvalue weighted by molar-refractivity contribution is 7.98. The Morgan fingerprint density at radius 1 is 1.36 bits per heavy atom. The molecule has 1 amide bonds. The van der Waals surface area contributed by atoms with Gasteiger partial charge in [-0.2, -0.15) is 9.78 Å². The van der Waals surface area contributed by atoms with Gasteiger partial charge in [0.2, 0.25) is 11.6 Å². The molecule has 2 heterocycles. The zero-order valence-corrected chi connectivity index (χ0v) is 16.4. The summed E-state index contributed by atoms with van der Waals surface area (Å²) in [5.74, 6) is -0.256. The van der Waals surface area contributed by atoms with Gasteiger partial charge in [0.1, 0.15) is 12.2 Å². The number of amides is 1. The molecule has 0 saturated carbocycles. The zero-order valence-electron chi connectivity index (χ0n) is 15.6. The molecule has 0 unspecified atom stereocenters. The van der Waals surface area contributed by atoms with Gasteiger partial charge in [-0.15, -0.1) is 16.9 Å². The van der Waals surface area contributed by atoms with Crippen LogP contribution < -0.4 is 16.1 Å². The van der Waals surface area contributed by atoms with Gasteiger partial charge in [-0.3, -0.25) is 4.79 Å². The van der Waals surface area contributed by atoms with Crippen LogP contribution >= 0.6 is 11.8 Å². The maximum atomic E-state index is 12.6. The van der Waals surface area contributed by atoms with Gasteiger partial charge < -0.3 is 10.6 Å². The predicted octanol–water partition coefficient (Wildman–Crippen LogP) is -0.637. The fourth-order valence-electron chi connectivity index (χ4n) is 2.39. The Balaban J connectivity index is 1.79. The van der Waals surface area contributed by atoms with Gasteiger partial charge in [0.15, 0.2) is 5.69 Å². The number of thioether (sulfide) groups is 1. The topological polar surface area (TPSA) is 142 Å². The molecule has 3 aromatic rings. The summed E-state index contributed by atoms with van der Waals surface area (Å²) in [7, 11) is 3.86. The molecule has 1 aromatic carbocycles. The molecular formula is C16H20N9O2S+. The maximum absolute atomic E-state index is 12.6. The molecule has 146 valence electrons. The summed E-state index contributed by atoms with van der Waals surface area (Å²) in [6.07, 6.45) is 3.56. The number of aromatic nitrogens is 5. The molecule has 11 nitrogen and oxygen atoms in total. The normalized spacial score (nSPS) is 11.4. The lowest BCUT2D eigenvalue weighted by Gasteiger charge is -2.08.